The SMILES string of the molecule is CCCCN(CCCC)C(CC)C(CCC)NCC. The molecule has 2 heteroatoms. The predicted octanol–water partition coefficient (Wildman–Crippen LogP) is 4.45. The molecule has 0 aromatic carbocycles. The van der Waals surface area contributed by atoms with Gasteiger partial charge in [0.15, 0.2) is 0 Å². The van der Waals surface area contributed by atoms with Gasteiger partial charge in [-0.2, -0.15) is 0 Å². The van der Waals surface area contributed by atoms with E-state index in [1.165, 1.54) is 58.0 Å². The molecule has 0 fully saturated rings. The number of rotatable bonds is 13. The zero-order valence-corrected chi connectivity index (χ0v) is 14.2. The zero-order valence-electron chi connectivity index (χ0n) is 14.2. The van der Waals surface area contributed by atoms with Crippen LogP contribution in [-0.2, 0) is 0 Å². The van der Waals surface area contributed by atoms with E-state index in [0.29, 0.717) is 6.04 Å². The van der Waals surface area contributed by atoms with E-state index in [2.05, 4.69) is 44.8 Å². The molecule has 0 aromatic rings. The number of nitrogens with zero attached hydrogens (tertiary/aromatic N) is 1. The van der Waals surface area contributed by atoms with Crippen molar-refractivity contribution in [2.45, 2.75) is 91.6 Å². The van der Waals surface area contributed by atoms with Gasteiger partial charge in [0, 0.05) is 12.1 Å². The quantitative estimate of drug-likeness (QED) is 0.532. The standard InChI is InChI=1S/C17H38N2/c1-6-11-14-19(15-12-7-2)17(9-4)16(13-8-3)18-10-5/h16-18H,6-15H2,1-5H3. The van der Waals surface area contributed by atoms with Gasteiger partial charge in [0.05, 0.1) is 0 Å². The molecule has 2 atom stereocenters. The van der Waals surface area contributed by atoms with Crippen molar-refractivity contribution >= 4 is 0 Å². The topological polar surface area (TPSA) is 15.3 Å². The van der Waals surface area contributed by atoms with Crippen LogP contribution in [-0.4, -0.2) is 36.6 Å². The summed E-state index contributed by atoms with van der Waals surface area (Å²) in [5.41, 5.74) is 0. The summed E-state index contributed by atoms with van der Waals surface area (Å²) in [6.45, 7) is 15.1. The monoisotopic (exact) mass is 270 g/mol. The zero-order chi connectivity index (χ0) is 14.5. The second-order valence-corrected chi connectivity index (χ2v) is 5.67. The van der Waals surface area contributed by atoms with Crippen LogP contribution in [0.2, 0.25) is 0 Å². The first kappa shape index (κ1) is 18.9. The van der Waals surface area contributed by atoms with Crippen LogP contribution in [0.15, 0.2) is 0 Å². The van der Waals surface area contributed by atoms with Gasteiger partial charge in [-0.15, -0.1) is 0 Å². The van der Waals surface area contributed by atoms with Gasteiger partial charge in [0.25, 0.3) is 0 Å². The Morgan fingerprint density at radius 3 is 1.79 bits per heavy atom. The molecule has 0 aliphatic heterocycles. The fourth-order valence-corrected chi connectivity index (χ4v) is 2.97. The van der Waals surface area contributed by atoms with Crippen molar-refractivity contribution in [2.75, 3.05) is 19.6 Å². The Labute approximate surface area is 122 Å². The van der Waals surface area contributed by atoms with Crippen LogP contribution in [0.5, 0.6) is 0 Å². The molecule has 0 bridgehead atoms. The highest BCUT2D eigenvalue weighted by atomic mass is 15.2. The molecule has 0 radical (unpaired) electrons. The van der Waals surface area contributed by atoms with E-state index >= 15 is 0 Å². The lowest BCUT2D eigenvalue weighted by atomic mass is 9.98. The van der Waals surface area contributed by atoms with Crippen LogP contribution in [0.1, 0.15) is 79.6 Å². The molecule has 0 aromatic heterocycles. The molecule has 0 rings (SSSR count). The first-order valence-corrected chi connectivity index (χ1v) is 8.72. The van der Waals surface area contributed by atoms with Crippen molar-refractivity contribution in [3.63, 3.8) is 0 Å². The van der Waals surface area contributed by atoms with Gasteiger partial charge < -0.3 is 5.32 Å². The van der Waals surface area contributed by atoms with Crippen molar-refractivity contribution in [1.29, 1.82) is 0 Å². The van der Waals surface area contributed by atoms with Crippen LogP contribution in [0, 0.1) is 0 Å². The minimum atomic E-state index is 0.675. The molecule has 2 nitrogen and oxygen atoms in total. The van der Waals surface area contributed by atoms with E-state index in [4.69, 9.17) is 0 Å². The minimum Gasteiger partial charge on any atom is -0.313 e. The third-order valence-corrected chi connectivity index (χ3v) is 4.02. The number of hydrogen-bond donors (Lipinski definition) is 1. The Bertz CT molecular complexity index is 168. The Kier molecular flexibility index (Phi) is 12.9. The summed E-state index contributed by atoms with van der Waals surface area (Å²) in [5, 5.41) is 3.73. The Balaban J connectivity index is 4.63. The van der Waals surface area contributed by atoms with Gasteiger partial charge in [-0.3, -0.25) is 4.90 Å². The first-order chi connectivity index (χ1) is 9.24. The third kappa shape index (κ3) is 7.94. The van der Waals surface area contributed by atoms with Gasteiger partial charge in [0.1, 0.15) is 0 Å². The number of nitrogens with one attached hydrogen (secondary N) is 1. The Morgan fingerprint density at radius 2 is 1.42 bits per heavy atom. The highest BCUT2D eigenvalue weighted by Crippen LogP contribution is 2.16. The number of likely N-dealkylation sites (N-methyl/N-ethyl adjacent to an activating group) is 1. The Morgan fingerprint density at radius 1 is 0.842 bits per heavy atom. The van der Waals surface area contributed by atoms with Crippen molar-refractivity contribution in [3.05, 3.63) is 0 Å². The van der Waals surface area contributed by atoms with Crippen molar-refractivity contribution < 1.29 is 0 Å². The molecule has 2 unspecified atom stereocenters. The van der Waals surface area contributed by atoms with Gasteiger partial charge >= 0.3 is 0 Å². The lowest BCUT2D eigenvalue weighted by Gasteiger charge is -2.37. The molecule has 0 saturated heterocycles. The highest BCUT2D eigenvalue weighted by molar-refractivity contribution is 4.83. The Hall–Kier alpha value is -0.0800. The summed E-state index contributed by atoms with van der Waals surface area (Å²) in [6.07, 6.45) is 9.14. The second-order valence-electron chi connectivity index (χ2n) is 5.67. The molecular formula is C17H38N2. The van der Waals surface area contributed by atoms with E-state index in [9.17, 15) is 0 Å². The van der Waals surface area contributed by atoms with Crippen LogP contribution in [0.4, 0.5) is 0 Å². The van der Waals surface area contributed by atoms with Gasteiger partial charge in [0.2, 0.25) is 0 Å². The molecule has 0 heterocycles. The van der Waals surface area contributed by atoms with Crippen LogP contribution in [0.25, 0.3) is 0 Å². The van der Waals surface area contributed by atoms with E-state index in [-0.39, 0.29) is 0 Å². The second kappa shape index (κ2) is 12.9. The normalized spacial score (nSPS) is 14.8. The fraction of sp³-hybridized carbons (Fsp3) is 1.00. The maximum Gasteiger partial charge on any atom is 0.0246 e. The molecule has 0 saturated carbocycles. The summed E-state index contributed by atoms with van der Waals surface area (Å²) in [5.74, 6) is 0. The summed E-state index contributed by atoms with van der Waals surface area (Å²) in [4.78, 5) is 2.76. The average molecular weight is 271 g/mol. The molecular weight excluding hydrogens is 232 g/mol. The predicted molar refractivity (Wildman–Crippen MR) is 87.8 cm³/mol. The molecule has 1 N–H and O–H groups in total. The van der Waals surface area contributed by atoms with Crippen LogP contribution < -0.4 is 5.32 Å². The third-order valence-electron chi connectivity index (χ3n) is 4.02. The van der Waals surface area contributed by atoms with Gasteiger partial charge in [-0.25, -0.2) is 0 Å². The molecule has 19 heavy (non-hydrogen) atoms. The van der Waals surface area contributed by atoms with Crippen molar-refractivity contribution in [2.24, 2.45) is 0 Å². The molecule has 0 aliphatic carbocycles. The minimum absolute atomic E-state index is 0.675. The van der Waals surface area contributed by atoms with Gasteiger partial charge in [-0.1, -0.05) is 53.9 Å². The highest BCUT2D eigenvalue weighted by Gasteiger charge is 2.24. The van der Waals surface area contributed by atoms with E-state index in [1.54, 1.807) is 0 Å². The van der Waals surface area contributed by atoms with E-state index < -0.39 is 0 Å². The lowest BCUT2D eigenvalue weighted by Crippen LogP contribution is -2.50. The summed E-state index contributed by atoms with van der Waals surface area (Å²) in [6, 6.07) is 1.40. The lowest BCUT2D eigenvalue weighted by molar-refractivity contribution is 0.142. The van der Waals surface area contributed by atoms with Crippen LogP contribution in [0.3, 0.4) is 0 Å². The summed E-state index contributed by atoms with van der Waals surface area (Å²) >= 11 is 0. The summed E-state index contributed by atoms with van der Waals surface area (Å²) in [7, 11) is 0. The maximum atomic E-state index is 3.73. The van der Waals surface area contributed by atoms with E-state index in [1.807, 2.05) is 0 Å². The summed E-state index contributed by atoms with van der Waals surface area (Å²) < 4.78 is 0. The number of unbranched alkanes of at least 4 members (excludes halogenated alkanes) is 2. The largest absolute Gasteiger partial charge is 0.313 e. The average Bonchev–Trinajstić information content (AvgIpc) is 2.42. The fourth-order valence-electron chi connectivity index (χ4n) is 2.97. The smallest absolute Gasteiger partial charge is 0.0246 e. The molecule has 0 spiro atoms. The first-order valence-electron chi connectivity index (χ1n) is 8.72. The van der Waals surface area contributed by atoms with Crippen LogP contribution >= 0.6 is 0 Å². The van der Waals surface area contributed by atoms with Crippen molar-refractivity contribution in [1.82, 2.24) is 10.2 Å². The number of hydrogen-bond acceptors (Lipinski definition) is 2. The maximum absolute atomic E-state index is 3.73. The van der Waals surface area contributed by atoms with Crippen molar-refractivity contribution in [3.8, 4) is 0 Å². The van der Waals surface area contributed by atoms with E-state index in [0.717, 1.165) is 12.6 Å². The molecule has 116 valence electrons. The molecule has 0 amide bonds. The molecule has 0 aliphatic rings. The van der Waals surface area contributed by atoms with Gasteiger partial charge in [-0.05, 0) is 45.3 Å².